The number of pyridine rings is 1. The Morgan fingerprint density at radius 1 is 1.67 bits per heavy atom. The van der Waals surface area contributed by atoms with Crippen molar-refractivity contribution in [3.05, 3.63) is 29.6 Å². The highest BCUT2D eigenvalue weighted by Crippen LogP contribution is 2.33. The van der Waals surface area contributed by atoms with Crippen LogP contribution in [-0.4, -0.2) is 33.5 Å². The van der Waals surface area contributed by atoms with Gasteiger partial charge in [0.25, 0.3) is 0 Å². The summed E-state index contributed by atoms with van der Waals surface area (Å²) in [4.78, 5) is 17.5. The molecule has 1 N–H and O–H groups in total. The van der Waals surface area contributed by atoms with Crippen LogP contribution in [0, 0.1) is 6.92 Å². The third-order valence-electron chi connectivity index (χ3n) is 3.79. The van der Waals surface area contributed by atoms with Crippen LogP contribution in [0.2, 0.25) is 0 Å². The second-order valence-electron chi connectivity index (χ2n) is 4.89. The third-order valence-corrected chi connectivity index (χ3v) is 3.79. The van der Waals surface area contributed by atoms with Crippen LogP contribution in [0.4, 0.5) is 0 Å². The lowest BCUT2D eigenvalue weighted by Gasteiger charge is -2.31. The average Bonchev–Trinajstić information content (AvgIpc) is 2.82. The molecule has 0 bridgehead atoms. The zero-order valence-corrected chi connectivity index (χ0v) is 11.0. The second kappa shape index (κ2) is 5.48. The number of carbonyl (C=O) groups is 1. The first-order valence-corrected chi connectivity index (χ1v) is 6.54. The number of likely N-dealkylation sites (tertiary alicyclic amines) is 1. The summed E-state index contributed by atoms with van der Waals surface area (Å²) < 4.78 is 0. The standard InChI is InChI=1S/C14H20N2O2/c1-3-12(11-6-7-15-9-10(11)2)16-8-4-5-13(16)14(17)18/h6-7,9,12-13H,3-5,8H2,1-2H3,(H,17,18). The first kappa shape index (κ1) is 13.0. The van der Waals surface area contributed by atoms with E-state index in [1.807, 2.05) is 19.2 Å². The van der Waals surface area contributed by atoms with Crippen LogP contribution in [0.25, 0.3) is 0 Å². The molecule has 1 aromatic heterocycles. The highest BCUT2D eigenvalue weighted by atomic mass is 16.4. The zero-order chi connectivity index (χ0) is 13.1. The number of carboxylic acids is 1. The first-order valence-electron chi connectivity index (χ1n) is 6.54. The Hall–Kier alpha value is -1.42. The molecule has 2 atom stereocenters. The van der Waals surface area contributed by atoms with E-state index >= 15 is 0 Å². The van der Waals surface area contributed by atoms with Crippen LogP contribution in [0.5, 0.6) is 0 Å². The lowest BCUT2D eigenvalue weighted by Crippen LogP contribution is -2.38. The third kappa shape index (κ3) is 2.38. The highest BCUT2D eigenvalue weighted by molar-refractivity contribution is 5.73. The van der Waals surface area contributed by atoms with E-state index in [9.17, 15) is 9.90 Å². The molecule has 18 heavy (non-hydrogen) atoms. The smallest absolute Gasteiger partial charge is 0.320 e. The number of carboxylic acid groups (broad SMARTS) is 1. The lowest BCUT2D eigenvalue weighted by molar-refractivity contribution is -0.143. The molecule has 0 amide bonds. The van der Waals surface area contributed by atoms with E-state index in [1.54, 1.807) is 6.20 Å². The molecule has 0 radical (unpaired) electrons. The SMILES string of the molecule is CCC(c1ccncc1C)N1CCCC1C(=O)O. The van der Waals surface area contributed by atoms with Gasteiger partial charge in [0.2, 0.25) is 0 Å². The molecule has 2 unspecified atom stereocenters. The fourth-order valence-corrected chi connectivity index (χ4v) is 2.92. The van der Waals surface area contributed by atoms with Gasteiger partial charge in [0.05, 0.1) is 0 Å². The normalized spacial score (nSPS) is 22.0. The summed E-state index contributed by atoms with van der Waals surface area (Å²) >= 11 is 0. The summed E-state index contributed by atoms with van der Waals surface area (Å²) in [6.07, 6.45) is 6.29. The summed E-state index contributed by atoms with van der Waals surface area (Å²) in [6, 6.07) is 1.87. The fourth-order valence-electron chi connectivity index (χ4n) is 2.92. The number of nitrogens with zero attached hydrogens (tertiary/aromatic N) is 2. The molecular weight excluding hydrogens is 228 g/mol. The molecule has 4 nitrogen and oxygen atoms in total. The molecule has 0 aromatic carbocycles. The van der Waals surface area contributed by atoms with Gasteiger partial charge in [-0.05, 0) is 49.9 Å². The Morgan fingerprint density at radius 2 is 2.44 bits per heavy atom. The minimum atomic E-state index is -0.697. The molecule has 2 rings (SSSR count). The van der Waals surface area contributed by atoms with Crippen LogP contribution in [0.1, 0.15) is 43.4 Å². The van der Waals surface area contributed by atoms with Gasteiger partial charge in [0.1, 0.15) is 6.04 Å². The molecule has 1 aromatic rings. The Bertz CT molecular complexity index is 434. The first-order chi connectivity index (χ1) is 8.65. The van der Waals surface area contributed by atoms with Crippen molar-refractivity contribution in [3.63, 3.8) is 0 Å². The van der Waals surface area contributed by atoms with Gasteiger partial charge in [0.15, 0.2) is 0 Å². The molecule has 0 aliphatic carbocycles. The fraction of sp³-hybridized carbons (Fsp3) is 0.571. The van der Waals surface area contributed by atoms with E-state index in [2.05, 4.69) is 16.8 Å². The van der Waals surface area contributed by atoms with Crippen molar-refractivity contribution in [2.45, 2.75) is 45.2 Å². The Balaban J connectivity index is 2.29. The van der Waals surface area contributed by atoms with Gasteiger partial charge in [-0.25, -0.2) is 0 Å². The number of rotatable bonds is 4. The van der Waals surface area contributed by atoms with Crippen LogP contribution < -0.4 is 0 Å². The van der Waals surface area contributed by atoms with Gasteiger partial charge in [-0.3, -0.25) is 14.7 Å². The van der Waals surface area contributed by atoms with Gasteiger partial charge in [-0.1, -0.05) is 6.92 Å². The van der Waals surface area contributed by atoms with E-state index in [-0.39, 0.29) is 12.1 Å². The number of hydrogen-bond donors (Lipinski definition) is 1. The van der Waals surface area contributed by atoms with E-state index in [0.717, 1.165) is 31.4 Å². The predicted octanol–water partition coefficient (Wildman–Crippen LogP) is 2.39. The van der Waals surface area contributed by atoms with E-state index < -0.39 is 5.97 Å². The molecule has 0 spiro atoms. The van der Waals surface area contributed by atoms with Gasteiger partial charge >= 0.3 is 5.97 Å². The summed E-state index contributed by atoms with van der Waals surface area (Å²) in [6.45, 7) is 5.02. The topological polar surface area (TPSA) is 53.4 Å². The molecule has 1 aliphatic rings. The van der Waals surface area contributed by atoms with Crippen LogP contribution in [-0.2, 0) is 4.79 Å². The van der Waals surface area contributed by atoms with Crippen LogP contribution in [0.15, 0.2) is 18.5 Å². The van der Waals surface area contributed by atoms with E-state index in [1.165, 1.54) is 5.56 Å². The maximum absolute atomic E-state index is 11.3. The highest BCUT2D eigenvalue weighted by Gasteiger charge is 2.35. The quantitative estimate of drug-likeness (QED) is 0.889. The molecule has 4 heteroatoms. The van der Waals surface area contributed by atoms with Crippen molar-refractivity contribution in [3.8, 4) is 0 Å². The molecule has 1 saturated heterocycles. The summed E-state index contributed by atoms with van der Waals surface area (Å²) in [5, 5.41) is 9.29. The monoisotopic (exact) mass is 248 g/mol. The van der Waals surface area contributed by atoms with Crippen molar-refractivity contribution in [1.29, 1.82) is 0 Å². The Kier molecular flexibility index (Phi) is 3.97. The van der Waals surface area contributed by atoms with Gasteiger partial charge in [-0.2, -0.15) is 0 Å². The molecule has 2 heterocycles. The van der Waals surface area contributed by atoms with Crippen molar-refractivity contribution in [2.75, 3.05) is 6.54 Å². The molecule has 0 saturated carbocycles. The average molecular weight is 248 g/mol. The van der Waals surface area contributed by atoms with Crippen molar-refractivity contribution in [2.24, 2.45) is 0 Å². The van der Waals surface area contributed by atoms with Gasteiger partial charge in [-0.15, -0.1) is 0 Å². The molecule has 1 fully saturated rings. The van der Waals surface area contributed by atoms with Gasteiger partial charge in [0, 0.05) is 18.4 Å². The lowest BCUT2D eigenvalue weighted by atomic mass is 9.99. The number of aliphatic carboxylic acids is 1. The predicted molar refractivity (Wildman–Crippen MR) is 69.4 cm³/mol. The summed E-state index contributed by atoms with van der Waals surface area (Å²) in [5.41, 5.74) is 2.35. The van der Waals surface area contributed by atoms with E-state index in [0.29, 0.717) is 0 Å². The molecular formula is C14H20N2O2. The largest absolute Gasteiger partial charge is 0.480 e. The summed E-state index contributed by atoms with van der Waals surface area (Å²) in [7, 11) is 0. The zero-order valence-electron chi connectivity index (χ0n) is 11.0. The van der Waals surface area contributed by atoms with Crippen LogP contribution >= 0.6 is 0 Å². The van der Waals surface area contributed by atoms with Crippen molar-refractivity contribution < 1.29 is 9.90 Å². The van der Waals surface area contributed by atoms with Crippen molar-refractivity contribution >= 4 is 5.97 Å². The number of aryl methyl sites for hydroxylation is 1. The Morgan fingerprint density at radius 3 is 3.06 bits per heavy atom. The maximum Gasteiger partial charge on any atom is 0.320 e. The Labute approximate surface area is 108 Å². The van der Waals surface area contributed by atoms with Crippen molar-refractivity contribution in [1.82, 2.24) is 9.88 Å². The second-order valence-corrected chi connectivity index (χ2v) is 4.89. The molecule has 1 aliphatic heterocycles. The van der Waals surface area contributed by atoms with Crippen LogP contribution in [0.3, 0.4) is 0 Å². The number of aromatic nitrogens is 1. The number of hydrogen-bond acceptors (Lipinski definition) is 3. The minimum absolute atomic E-state index is 0.191. The minimum Gasteiger partial charge on any atom is -0.480 e. The maximum atomic E-state index is 11.3. The van der Waals surface area contributed by atoms with E-state index in [4.69, 9.17) is 0 Å². The molecule has 98 valence electrons. The van der Waals surface area contributed by atoms with Gasteiger partial charge < -0.3 is 5.11 Å². The summed E-state index contributed by atoms with van der Waals surface area (Å²) in [5.74, 6) is -0.697.